The van der Waals surface area contributed by atoms with Gasteiger partial charge in [-0.25, -0.2) is 18.4 Å². The summed E-state index contributed by atoms with van der Waals surface area (Å²) in [6, 6.07) is 8.33. The number of hydrogen-bond donors (Lipinski definition) is 2. The smallest absolute Gasteiger partial charge is 0.375 e. The number of furan rings is 1. The van der Waals surface area contributed by atoms with Crippen LogP contribution in [0.5, 0.6) is 0 Å². The molecule has 0 fully saturated rings. The first-order chi connectivity index (χ1) is 12.1. The van der Waals surface area contributed by atoms with Gasteiger partial charge in [-0.15, -0.1) is 0 Å². The largest absolute Gasteiger partial charge is 0.447 e. The molecule has 1 aromatic carbocycles. The number of ether oxygens (including phenoxy) is 1. The topological polar surface area (TPSA) is 146 Å². The number of rotatable bonds is 6. The lowest BCUT2D eigenvalue weighted by Gasteiger charge is -2.13. The molecule has 3 N–H and O–H groups in total. The molecule has 0 bridgehead atoms. The Morgan fingerprint density at radius 3 is 2.46 bits per heavy atom. The molecule has 0 aliphatic carbocycles. The Labute approximate surface area is 149 Å². The van der Waals surface area contributed by atoms with E-state index in [9.17, 15) is 22.8 Å². The van der Waals surface area contributed by atoms with E-state index in [-0.39, 0.29) is 5.78 Å². The molecular weight excluding hydrogens is 364 g/mol. The van der Waals surface area contributed by atoms with Crippen LogP contribution in [0, 0.1) is 0 Å². The van der Waals surface area contributed by atoms with Gasteiger partial charge in [0.1, 0.15) is 0 Å². The highest BCUT2D eigenvalue weighted by Crippen LogP contribution is 2.15. The fraction of sp³-hybridized carbons (Fsp3) is 0.188. The molecule has 0 saturated heterocycles. The molecule has 0 spiro atoms. The highest BCUT2D eigenvalue weighted by molar-refractivity contribution is 7.89. The molecule has 1 heterocycles. The number of ketones is 1. The van der Waals surface area contributed by atoms with Crippen LogP contribution < -0.4 is 10.5 Å². The summed E-state index contributed by atoms with van der Waals surface area (Å²) in [5, 5.41) is 6.79. The number of carbonyl (C=O) groups excluding carboxylic acids is 3. The second-order valence-electron chi connectivity index (χ2n) is 5.34. The van der Waals surface area contributed by atoms with Gasteiger partial charge in [0.25, 0.3) is 15.9 Å². The number of esters is 1. The van der Waals surface area contributed by atoms with Crippen molar-refractivity contribution in [2.75, 3.05) is 5.32 Å². The van der Waals surface area contributed by atoms with Gasteiger partial charge >= 0.3 is 5.97 Å². The zero-order valence-corrected chi connectivity index (χ0v) is 14.7. The summed E-state index contributed by atoms with van der Waals surface area (Å²) >= 11 is 0. The van der Waals surface area contributed by atoms with Gasteiger partial charge in [-0.05, 0) is 38.1 Å². The van der Waals surface area contributed by atoms with Crippen LogP contribution in [-0.2, 0) is 19.6 Å². The SMILES string of the molecule is CC(=O)c1cccc(NC(=O)C(C)OC(=O)c2ccc(S(N)(=O)=O)o2)c1. The minimum atomic E-state index is -4.09. The zero-order valence-electron chi connectivity index (χ0n) is 13.9. The maximum atomic E-state index is 12.1. The Kier molecular flexibility index (Phi) is 5.58. The fourth-order valence-electron chi connectivity index (χ4n) is 1.91. The Balaban J connectivity index is 2.02. The Morgan fingerprint density at radius 2 is 1.88 bits per heavy atom. The summed E-state index contributed by atoms with van der Waals surface area (Å²) < 4.78 is 32.0. The minimum Gasteiger partial charge on any atom is -0.447 e. The summed E-state index contributed by atoms with van der Waals surface area (Å²) in [5.74, 6) is -2.24. The number of amides is 1. The molecule has 2 rings (SSSR count). The van der Waals surface area contributed by atoms with Crippen molar-refractivity contribution in [3.8, 4) is 0 Å². The second-order valence-corrected chi connectivity index (χ2v) is 6.83. The Hall–Kier alpha value is -2.98. The highest BCUT2D eigenvalue weighted by Gasteiger charge is 2.23. The van der Waals surface area contributed by atoms with E-state index in [2.05, 4.69) is 5.32 Å². The van der Waals surface area contributed by atoms with Gasteiger partial charge in [-0.3, -0.25) is 9.59 Å². The van der Waals surface area contributed by atoms with E-state index in [1.54, 1.807) is 18.2 Å². The third kappa shape index (κ3) is 4.77. The highest BCUT2D eigenvalue weighted by atomic mass is 32.2. The molecule has 0 aliphatic heterocycles. The number of benzene rings is 1. The number of Topliss-reactive ketones (excluding diaryl/α,β-unsaturated/α-hetero) is 1. The first-order valence-corrected chi connectivity index (χ1v) is 8.88. The molecule has 0 aliphatic rings. The van der Waals surface area contributed by atoms with Crippen molar-refractivity contribution in [3.05, 3.63) is 47.7 Å². The number of primary sulfonamides is 1. The number of nitrogens with one attached hydrogen (secondary N) is 1. The summed E-state index contributed by atoms with van der Waals surface area (Å²) in [7, 11) is -4.09. The van der Waals surface area contributed by atoms with Crippen molar-refractivity contribution in [2.45, 2.75) is 25.0 Å². The quantitative estimate of drug-likeness (QED) is 0.567. The van der Waals surface area contributed by atoms with Crippen LogP contribution in [0.2, 0.25) is 0 Å². The van der Waals surface area contributed by atoms with Gasteiger partial charge in [0.05, 0.1) is 0 Å². The van der Waals surface area contributed by atoms with Crippen LogP contribution >= 0.6 is 0 Å². The first kappa shape index (κ1) is 19.3. The average Bonchev–Trinajstić information content (AvgIpc) is 3.05. The normalized spacial score (nSPS) is 12.3. The van der Waals surface area contributed by atoms with Crippen molar-refractivity contribution in [1.29, 1.82) is 0 Å². The van der Waals surface area contributed by atoms with Crippen molar-refractivity contribution < 1.29 is 32.0 Å². The van der Waals surface area contributed by atoms with Crippen molar-refractivity contribution in [2.24, 2.45) is 5.14 Å². The summed E-state index contributed by atoms with van der Waals surface area (Å²) in [6.45, 7) is 2.72. The van der Waals surface area contributed by atoms with E-state index < -0.39 is 38.9 Å². The minimum absolute atomic E-state index is 0.163. The summed E-state index contributed by atoms with van der Waals surface area (Å²) in [5.41, 5.74) is 0.777. The number of sulfonamides is 1. The Bertz CT molecular complexity index is 962. The van der Waals surface area contributed by atoms with Gasteiger partial charge in [-0.2, -0.15) is 0 Å². The average molecular weight is 380 g/mol. The predicted molar refractivity (Wildman–Crippen MR) is 90.0 cm³/mol. The van der Waals surface area contributed by atoms with Gasteiger partial charge in [0.2, 0.25) is 10.9 Å². The van der Waals surface area contributed by atoms with E-state index in [0.717, 1.165) is 12.1 Å². The number of carbonyl (C=O) groups is 3. The van der Waals surface area contributed by atoms with Gasteiger partial charge in [-0.1, -0.05) is 12.1 Å². The van der Waals surface area contributed by atoms with E-state index in [4.69, 9.17) is 14.3 Å². The third-order valence-corrected chi connectivity index (χ3v) is 4.03. The van der Waals surface area contributed by atoms with Crippen LogP contribution in [-0.4, -0.2) is 32.2 Å². The standard InChI is InChI=1S/C16H16N2O7S/c1-9(19)11-4-3-5-12(8-11)18-15(20)10(2)24-16(21)13-6-7-14(25-13)26(17,22)23/h3-8,10H,1-2H3,(H,18,20)(H2,17,22,23). The maximum Gasteiger partial charge on any atom is 0.375 e. The third-order valence-electron chi connectivity index (χ3n) is 3.25. The van der Waals surface area contributed by atoms with E-state index in [1.165, 1.54) is 19.9 Å². The van der Waals surface area contributed by atoms with Crippen molar-refractivity contribution in [3.63, 3.8) is 0 Å². The maximum absolute atomic E-state index is 12.1. The fourth-order valence-corrected chi connectivity index (χ4v) is 2.38. The van der Waals surface area contributed by atoms with E-state index >= 15 is 0 Å². The summed E-state index contributed by atoms with van der Waals surface area (Å²) in [6.07, 6.45) is -1.20. The molecule has 26 heavy (non-hydrogen) atoms. The van der Waals surface area contributed by atoms with Crippen LogP contribution in [0.15, 0.2) is 45.9 Å². The molecule has 9 nitrogen and oxygen atoms in total. The van der Waals surface area contributed by atoms with Gasteiger partial charge < -0.3 is 14.5 Å². The van der Waals surface area contributed by atoms with Crippen molar-refractivity contribution >= 4 is 33.4 Å². The molecule has 1 atom stereocenters. The van der Waals surface area contributed by atoms with Gasteiger partial charge in [0, 0.05) is 11.3 Å². The van der Waals surface area contributed by atoms with Crippen LogP contribution in [0.4, 0.5) is 5.69 Å². The van der Waals surface area contributed by atoms with Gasteiger partial charge in [0.15, 0.2) is 11.9 Å². The lowest BCUT2D eigenvalue weighted by Crippen LogP contribution is -2.30. The van der Waals surface area contributed by atoms with Crippen molar-refractivity contribution in [1.82, 2.24) is 0 Å². The molecule has 1 amide bonds. The monoisotopic (exact) mass is 380 g/mol. The molecular formula is C16H16N2O7S. The first-order valence-electron chi connectivity index (χ1n) is 7.33. The Morgan fingerprint density at radius 1 is 1.19 bits per heavy atom. The van der Waals surface area contributed by atoms with E-state index in [1.807, 2.05) is 0 Å². The number of hydrogen-bond acceptors (Lipinski definition) is 7. The number of anilines is 1. The number of nitrogens with two attached hydrogens (primary N) is 1. The molecule has 0 radical (unpaired) electrons. The van der Waals surface area contributed by atoms with Crippen LogP contribution in [0.3, 0.4) is 0 Å². The molecule has 1 unspecified atom stereocenters. The van der Waals surface area contributed by atoms with Crippen LogP contribution in [0.1, 0.15) is 34.8 Å². The molecule has 10 heteroatoms. The molecule has 1 aromatic heterocycles. The lowest BCUT2D eigenvalue weighted by atomic mass is 10.1. The zero-order chi connectivity index (χ0) is 19.5. The summed E-state index contributed by atoms with van der Waals surface area (Å²) in [4.78, 5) is 35.4. The van der Waals surface area contributed by atoms with E-state index in [0.29, 0.717) is 11.3 Å². The predicted octanol–water partition coefficient (Wildman–Crippen LogP) is 1.31. The molecule has 0 saturated carbocycles. The lowest BCUT2D eigenvalue weighted by molar-refractivity contribution is -0.123. The molecule has 2 aromatic rings. The van der Waals surface area contributed by atoms with Crippen LogP contribution in [0.25, 0.3) is 0 Å². The molecule has 138 valence electrons. The second kappa shape index (κ2) is 7.50.